The van der Waals surface area contributed by atoms with Crippen molar-refractivity contribution in [2.24, 2.45) is 0 Å². The Morgan fingerprint density at radius 3 is 2.69 bits per heavy atom. The highest BCUT2D eigenvalue weighted by molar-refractivity contribution is 7.81. The van der Waals surface area contributed by atoms with Gasteiger partial charge in [-0.25, -0.2) is 4.79 Å². The molecule has 0 aromatic carbocycles. The smallest absolute Gasteiger partial charge is 0.356 e. The molecule has 1 atom stereocenters. The zero-order valence-electron chi connectivity index (χ0n) is 8.20. The number of aromatic nitrogens is 2. The molecule has 84 valence electrons. The molecule has 1 saturated heterocycles. The van der Waals surface area contributed by atoms with Crippen LogP contribution in [0.5, 0.6) is 0 Å². The highest BCUT2D eigenvalue weighted by Gasteiger charge is 2.29. The number of amides is 1. The molecule has 1 fully saturated rings. The summed E-state index contributed by atoms with van der Waals surface area (Å²) in [4.78, 5) is 23.5. The molecule has 0 spiro atoms. The molecule has 6 nitrogen and oxygen atoms in total. The van der Waals surface area contributed by atoms with Gasteiger partial charge in [0, 0.05) is 18.2 Å². The minimum Gasteiger partial charge on any atom is -0.476 e. The van der Waals surface area contributed by atoms with Crippen molar-refractivity contribution in [1.29, 1.82) is 0 Å². The van der Waals surface area contributed by atoms with Gasteiger partial charge in [0.25, 0.3) is 0 Å². The second kappa shape index (κ2) is 4.09. The van der Waals surface area contributed by atoms with Crippen LogP contribution in [0.4, 0.5) is 5.82 Å². The van der Waals surface area contributed by atoms with Crippen molar-refractivity contribution in [3.8, 4) is 0 Å². The Kier molecular flexibility index (Phi) is 2.78. The summed E-state index contributed by atoms with van der Waals surface area (Å²) in [7, 11) is 0. The van der Waals surface area contributed by atoms with Gasteiger partial charge in [0.15, 0.2) is 11.5 Å². The van der Waals surface area contributed by atoms with E-state index in [1.54, 1.807) is 0 Å². The first-order chi connectivity index (χ1) is 7.58. The van der Waals surface area contributed by atoms with E-state index in [9.17, 15) is 9.59 Å². The molecule has 16 heavy (non-hydrogen) atoms. The predicted molar refractivity (Wildman–Crippen MR) is 58.7 cm³/mol. The summed E-state index contributed by atoms with van der Waals surface area (Å²) in [5.74, 6) is -0.845. The first-order valence-electron chi connectivity index (χ1n) is 4.63. The number of nitrogens with zero attached hydrogens (tertiary/aromatic N) is 3. The molecule has 2 rings (SSSR count). The zero-order valence-corrected chi connectivity index (χ0v) is 9.09. The second-order valence-electron chi connectivity index (χ2n) is 3.44. The van der Waals surface area contributed by atoms with Crippen LogP contribution in [-0.2, 0) is 4.79 Å². The van der Waals surface area contributed by atoms with Crippen LogP contribution in [0, 0.1) is 0 Å². The molecule has 0 aliphatic carbocycles. The van der Waals surface area contributed by atoms with E-state index >= 15 is 0 Å². The lowest BCUT2D eigenvalue weighted by Crippen LogP contribution is -2.26. The van der Waals surface area contributed by atoms with E-state index in [0.717, 1.165) is 0 Å². The van der Waals surface area contributed by atoms with Gasteiger partial charge in [-0.1, -0.05) is 0 Å². The van der Waals surface area contributed by atoms with E-state index < -0.39 is 5.97 Å². The number of carboxylic acids is 1. The van der Waals surface area contributed by atoms with Gasteiger partial charge >= 0.3 is 5.97 Å². The summed E-state index contributed by atoms with van der Waals surface area (Å²) in [5.41, 5.74) is -0.141. The molecule has 0 bridgehead atoms. The van der Waals surface area contributed by atoms with E-state index in [1.807, 2.05) is 0 Å². The van der Waals surface area contributed by atoms with E-state index in [2.05, 4.69) is 22.8 Å². The van der Waals surface area contributed by atoms with Crippen molar-refractivity contribution in [3.63, 3.8) is 0 Å². The fourth-order valence-electron chi connectivity index (χ4n) is 1.49. The lowest BCUT2D eigenvalue weighted by Gasteiger charge is -2.13. The Morgan fingerprint density at radius 1 is 1.50 bits per heavy atom. The summed E-state index contributed by atoms with van der Waals surface area (Å²) >= 11 is 4.21. The first kappa shape index (κ1) is 10.9. The molecule has 1 aliphatic rings. The average Bonchev–Trinajstić information content (AvgIpc) is 2.58. The van der Waals surface area contributed by atoms with Crippen LogP contribution in [0.2, 0.25) is 0 Å². The lowest BCUT2D eigenvalue weighted by molar-refractivity contribution is -0.117. The van der Waals surface area contributed by atoms with Crippen LogP contribution in [0.3, 0.4) is 0 Å². The molecule has 1 aromatic heterocycles. The molecule has 1 aliphatic heterocycles. The largest absolute Gasteiger partial charge is 0.476 e. The van der Waals surface area contributed by atoms with Crippen molar-refractivity contribution in [2.75, 3.05) is 11.4 Å². The summed E-state index contributed by atoms with van der Waals surface area (Å²) in [6, 6.07) is 2.80. The van der Waals surface area contributed by atoms with Crippen LogP contribution < -0.4 is 4.90 Å². The topological polar surface area (TPSA) is 83.4 Å². The number of carboxylic acid groups (broad SMARTS) is 1. The van der Waals surface area contributed by atoms with Crippen molar-refractivity contribution in [2.45, 2.75) is 11.7 Å². The number of carbonyl (C=O) groups is 2. The maximum Gasteiger partial charge on any atom is 0.356 e. The van der Waals surface area contributed by atoms with Crippen molar-refractivity contribution in [3.05, 3.63) is 17.8 Å². The third-order valence-corrected chi connectivity index (χ3v) is 2.60. The van der Waals surface area contributed by atoms with Gasteiger partial charge in [0.1, 0.15) is 0 Å². The molecular formula is C9H9N3O3S. The Morgan fingerprint density at radius 2 is 2.25 bits per heavy atom. The molecule has 0 saturated carbocycles. The van der Waals surface area contributed by atoms with Gasteiger partial charge in [0.05, 0.1) is 0 Å². The van der Waals surface area contributed by atoms with E-state index in [-0.39, 0.29) is 16.9 Å². The van der Waals surface area contributed by atoms with Gasteiger partial charge in [-0.15, -0.1) is 10.2 Å². The number of anilines is 1. The van der Waals surface area contributed by atoms with Gasteiger partial charge in [-0.3, -0.25) is 9.69 Å². The van der Waals surface area contributed by atoms with E-state index in [0.29, 0.717) is 18.8 Å². The van der Waals surface area contributed by atoms with Gasteiger partial charge in [-0.2, -0.15) is 12.6 Å². The zero-order chi connectivity index (χ0) is 11.7. The second-order valence-corrected chi connectivity index (χ2v) is 4.17. The Hall–Kier alpha value is -1.63. The quantitative estimate of drug-likeness (QED) is 0.721. The van der Waals surface area contributed by atoms with Gasteiger partial charge < -0.3 is 5.11 Å². The maximum atomic E-state index is 11.5. The molecule has 1 aromatic rings. The molecule has 1 unspecified atom stereocenters. The Labute approximate surface area is 96.7 Å². The molecule has 2 heterocycles. The number of hydrogen-bond donors (Lipinski definition) is 2. The summed E-state index contributed by atoms with van der Waals surface area (Å²) in [5, 5.41) is 15.9. The van der Waals surface area contributed by atoms with E-state index in [4.69, 9.17) is 5.11 Å². The maximum absolute atomic E-state index is 11.5. The average molecular weight is 239 g/mol. The fraction of sp³-hybridized carbons (Fsp3) is 0.333. The van der Waals surface area contributed by atoms with Crippen molar-refractivity contribution < 1.29 is 14.7 Å². The van der Waals surface area contributed by atoms with E-state index in [1.165, 1.54) is 17.0 Å². The summed E-state index contributed by atoms with van der Waals surface area (Å²) < 4.78 is 0. The molecule has 1 amide bonds. The molecule has 1 N–H and O–H groups in total. The molecule has 0 radical (unpaired) electrons. The summed E-state index contributed by atoms with van der Waals surface area (Å²) in [6.45, 7) is 0.475. The highest BCUT2D eigenvalue weighted by Crippen LogP contribution is 2.21. The number of hydrogen-bond acceptors (Lipinski definition) is 5. The lowest BCUT2D eigenvalue weighted by atomic mass is 10.4. The standard InChI is InChI=1S/C9H9N3O3S/c13-8-3-5(16)4-12(8)7-2-1-6(9(14)15)10-11-7/h1-2,5,16H,3-4H2,(H,14,15). The SMILES string of the molecule is O=C(O)c1ccc(N2CC(S)CC2=O)nn1. The minimum atomic E-state index is -1.14. The highest BCUT2D eigenvalue weighted by atomic mass is 32.1. The minimum absolute atomic E-state index is 0.00606. The van der Waals surface area contributed by atoms with Crippen LogP contribution in [0.15, 0.2) is 12.1 Å². The summed E-state index contributed by atoms with van der Waals surface area (Å²) in [6.07, 6.45) is 0.367. The van der Waals surface area contributed by atoms with Gasteiger partial charge in [0.2, 0.25) is 5.91 Å². The third kappa shape index (κ3) is 1.99. The number of carbonyl (C=O) groups excluding carboxylic acids is 1. The first-order valence-corrected chi connectivity index (χ1v) is 5.15. The Balaban J connectivity index is 2.22. The van der Waals surface area contributed by atoms with Crippen LogP contribution >= 0.6 is 12.6 Å². The van der Waals surface area contributed by atoms with Crippen molar-refractivity contribution in [1.82, 2.24) is 10.2 Å². The number of aromatic carboxylic acids is 1. The Bertz CT molecular complexity index is 434. The number of thiol groups is 1. The van der Waals surface area contributed by atoms with Gasteiger partial charge in [-0.05, 0) is 12.1 Å². The molecular weight excluding hydrogens is 230 g/mol. The molecule has 7 heteroatoms. The fourth-order valence-corrected chi connectivity index (χ4v) is 1.81. The third-order valence-electron chi connectivity index (χ3n) is 2.25. The van der Waals surface area contributed by atoms with Crippen molar-refractivity contribution >= 4 is 30.3 Å². The number of rotatable bonds is 2. The normalized spacial score (nSPS) is 20.2. The predicted octanol–water partition coefficient (Wildman–Crippen LogP) is 0.210. The van der Waals surface area contributed by atoms with Crippen LogP contribution in [0.25, 0.3) is 0 Å². The van der Waals surface area contributed by atoms with Crippen LogP contribution in [-0.4, -0.2) is 39.0 Å². The van der Waals surface area contributed by atoms with Crippen LogP contribution in [0.1, 0.15) is 16.9 Å². The monoisotopic (exact) mass is 239 g/mol.